The van der Waals surface area contributed by atoms with Crippen LogP contribution in [0.15, 0.2) is 12.7 Å². The molecule has 1 fully saturated rings. The monoisotopic (exact) mass is 336 g/mol. The van der Waals surface area contributed by atoms with Crippen molar-refractivity contribution in [2.45, 2.75) is 20.3 Å². The predicted molar refractivity (Wildman–Crippen MR) is 83.9 cm³/mol. The number of aryl methyl sites for hydroxylation is 2. The maximum atomic E-state index is 12.0. The van der Waals surface area contributed by atoms with Crippen molar-refractivity contribution < 1.29 is 19.2 Å². The molecule has 5 amide bonds. The number of nitrogens with zero attached hydrogens (tertiary/aromatic N) is 3. The van der Waals surface area contributed by atoms with Crippen LogP contribution in [0.5, 0.6) is 0 Å². The van der Waals surface area contributed by atoms with Gasteiger partial charge in [-0.05, 0) is 13.3 Å². The van der Waals surface area contributed by atoms with Crippen molar-refractivity contribution in [1.82, 2.24) is 14.8 Å². The van der Waals surface area contributed by atoms with Gasteiger partial charge in [-0.15, -0.1) is 17.9 Å². The fraction of sp³-hybridized carbons (Fsp3) is 0.357. The third-order valence-electron chi connectivity index (χ3n) is 3.22. The molecular formula is C14H16N4O4S. The molecule has 1 aliphatic heterocycles. The number of imide groups is 2. The van der Waals surface area contributed by atoms with Gasteiger partial charge in [0.2, 0.25) is 5.91 Å². The van der Waals surface area contributed by atoms with Crippen LogP contribution >= 0.6 is 11.3 Å². The number of anilines is 1. The summed E-state index contributed by atoms with van der Waals surface area (Å²) in [4.78, 5) is 54.0. The highest BCUT2D eigenvalue weighted by atomic mass is 32.1. The maximum Gasteiger partial charge on any atom is 0.335 e. The summed E-state index contributed by atoms with van der Waals surface area (Å²) in [5.74, 6) is -2.56. The molecule has 2 rings (SSSR count). The number of rotatable bonds is 6. The topological polar surface area (TPSA) is 99.7 Å². The molecule has 0 spiro atoms. The van der Waals surface area contributed by atoms with E-state index in [1.807, 2.05) is 13.8 Å². The van der Waals surface area contributed by atoms with Crippen LogP contribution in [0.4, 0.5) is 9.93 Å². The Kier molecular flexibility index (Phi) is 4.89. The fourth-order valence-corrected chi connectivity index (χ4v) is 3.01. The number of hydrogen-bond acceptors (Lipinski definition) is 6. The first kappa shape index (κ1) is 16.8. The number of aromatic nitrogens is 1. The second-order valence-electron chi connectivity index (χ2n) is 4.80. The van der Waals surface area contributed by atoms with Gasteiger partial charge >= 0.3 is 17.8 Å². The number of carbonyl (C=O) groups excluding carboxylic acids is 4. The van der Waals surface area contributed by atoms with Crippen LogP contribution in [-0.2, 0) is 20.8 Å². The van der Waals surface area contributed by atoms with Crippen LogP contribution in [0.25, 0.3) is 0 Å². The second-order valence-corrected chi connectivity index (χ2v) is 6.01. The molecule has 0 bridgehead atoms. The smallest absolute Gasteiger partial charge is 0.300 e. The van der Waals surface area contributed by atoms with E-state index < -0.39 is 30.3 Å². The fourth-order valence-electron chi connectivity index (χ4n) is 2.09. The minimum atomic E-state index is -1.02. The summed E-state index contributed by atoms with van der Waals surface area (Å²) in [7, 11) is 0. The molecule has 0 radical (unpaired) electrons. The van der Waals surface area contributed by atoms with Gasteiger partial charge in [0, 0.05) is 11.4 Å². The first-order chi connectivity index (χ1) is 10.9. The van der Waals surface area contributed by atoms with Crippen molar-refractivity contribution in [3.63, 3.8) is 0 Å². The van der Waals surface area contributed by atoms with Crippen molar-refractivity contribution in [3.05, 3.63) is 23.2 Å². The van der Waals surface area contributed by atoms with E-state index in [2.05, 4.69) is 16.9 Å². The van der Waals surface area contributed by atoms with Gasteiger partial charge in [-0.2, -0.15) is 0 Å². The molecule has 0 unspecified atom stereocenters. The van der Waals surface area contributed by atoms with E-state index >= 15 is 0 Å². The van der Waals surface area contributed by atoms with Crippen molar-refractivity contribution in [1.29, 1.82) is 0 Å². The first-order valence-electron chi connectivity index (χ1n) is 6.93. The Balaban J connectivity index is 2.04. The summed E-state index contributed by atoms with van der Waals surface area (Å²) in [6.45, 7) is 6.66. The van der Waals surface area contributed by atoms with Crippen molar-refractivity contribution in [3.8, 4) is 0 Å². The molecule has 0 aromatic carbocycles. The molecule has 0 saturated carbocycles. The molecule has 1 saturated heterocycles. The summed E-state index contributed by atoms with van der Waals surface area (Å²) >= 11 is 1.31. The molecule has 122 valence electrons. The quantitative estimate of drug-likeness (QED) is 0.473. The van der Waals surface area contributed by atoms with Crippen LogP contribution in [0, 0.1) is 6.92 Å². The van der Waals surface area contributed by atoms with Crippen LogP contribution in [0.1, 0.15) is 17.5 Å². The standard InChI is InChI=1S/C14H16N4O4S/c1-4-6-17-11(20)12(21)18(14(17)22)7-10(19)16-13-15-9(5-2)8(3)23-13/h4H,1,5-7H2,2-3H3,(H,15,16,19). The SMILES string of the molecule is C=CCN1C(=O)C(=O)N(CC(=O)Nc2nc(CC)c(C)s2)C1=O. The zero-order valence-corrected chi connectivity index (χ0v) is 13.6. The Morgan fingerprint density at radius 3 is 2.52 bits per heavy atom. The Morgan fingerprint density at radius 1 is 1.30 bits per heavy atom. The van der Waals surface area contributed by atoms with E-state index in [9.17, 15) is 19.2 Å². The molecule has 1 aromatic rings. The molecular weight excluding hydrogens is 320 g/mol. The molecule has 9 heteroatoms. The normalized spacial score (nSPS) is 14.6. The van der Waals surface area contributed by atoms with Gasteiger partial charge in [-0.25, -0.2) is 14.7 Å². The van der Waals surface area contributed by atoms with Gasteiger partial charge in [-0.1, -0.05) is 13.0 Å². The van der Waals surface area contributed by atoms with Crippen molar-refractivity contribution >= 4 is 40.2 Å². The lowest BCUT2D eigenvalue weighted by Crippen LogP contribution is -2.39. The highest BCUT2D eigenvalue weighted by Gasteiger charge is 2.44. The number of nitrogens with one attached hydrogen (secondary N) is 1. The van der Waals surface area contributed by atoms with Crippen LogP contribution in [0.3, 0.4) is 0 Å². The van der Waals surface area contributed by atoms with Gasteiger partial charge in [-0.3, -0.25) is 19.3 Å². The van der Waals surface area contributed by atoms with E-state index in [1.54, 1.807) is 0 Å². The molecule has 1 aromatic heterocycles. The first-order valence-corrected chi connectivity index (χ1v) is 7.75. The second kappa shape index (κ2) is 6.69. The minimum absolute atomic E-state index is 0.0763. The highest BCUT2D eigenvalue weighted by Crippen LogP contribution is 2.22. The van der Waals surface area contributed by atoms with Gasteiger partial charge in [0.15, 0.2) is 5.13 Å². The average Bonchev–Trinajstić information content (AvgIpc) is 2.95. The van der Waals surface area contributed by atoms with E-state index in [0.717, 1.165) is 21.9 Å². The summed E-state index contributed by atoms with van der Waals surface area (Å²) in [6.07, 6.45) is 2.07. The summed E-state index contributed by atoms with van der Waals surface area (Å²) in [5.41, 5.74) is 0.881. The molecule has 1 aliphatic rings. The van der Waals surface area contributed by atoms with Crippen LogP contribution in [0.2, 0.25) is 0 Å². The summed E-state index contributed by atoms with van der Waals surface area (Å²) in [5, 5.41) is 2.94. The van der Waals surface area contributed by atoms with Crippen molar-refractivity contribution in [2.24, 2.45) is 0 Å². The largest absolute Gasteiger partial charge is 0.335 e. The zero-order chi connectivity index (χ0) is 17.1. The number of urea groups is 1. The van der Waals surface area contributed by atoms with E-state index in [-0.39, 0.29) is 6.54 Å². The molecule has 8 nitrogen and oxygen atoms in total. The lowest BCUT2D eigenvalue weighted by Gasteiger charge is -2.13. The summed E-state index contributed by atoms with van der Waals surface area (Å²) in [6, 6.07) is -0.820. The molecule has 0 atom stereocenters. The van der Waals surface area contributed by atoms with Crippen LogP contribution < -0.4 is 5.32 Å². The predicted octanol–water partition coefficient (Wildman–Crippen LogP) is 0.929. The maximum absolute atomic E-state index is 12.0. The Labute approximate surface area is 136 Å². The Morgan fingerprint density at radius 2 is 1.96 bits per heavy atom. The minimum Gasteiger partial charge on any atom is -0.300 e. The van der Waals surface area contributed by atoms with Crippen molar-refractivity contribution in [2.75, 3.05) is 18.4 Å². The van der Waals surface area contributed by atoms with Crippen LogP contribution in [-0.4, -0.2) is 51.6 Å². The third kappa shape index (κ3) is 3.29. The number of amides is 5. The van der Waals surface area contributed by atoms with Gasteiger partial charge in [0.05, 0.1) is 5.69 Å². The molecule has 23 heavy (non-hydrogen) atoms. The lowest BCUT2D eigenvalue weighted by atomic mass is 10.3. The number of carbonyl (C=O) groups is 4. The third-order valence-corrected chi connectivity index (χ3v) is 4.15. The Hall–Kier alpha value is -2.55. The average molecular weight is 336 g/mol. The lowest BCUT2D eigenvalue weighted by molar-refractivity contribution is -0.143. The molecule has 1 N–H and O–H groups in total. The summed E-state index contributed by atoms with van der Waals surface area (Å²) < 4.78 is 0. The van der Waals surface area contributed by atoms with E-state index in [1.165, 1.54) is 17.4 Å². The zero-order valence-electron chi connectivity index (χ0n) is 12.8. The molecule has 2 heterocycles. The highest BCUT2D eigenvalue weighted by molar-refractivity contribution is 7.15. The van der Waals surface area contributed by atoms with Gasteiger partial charge < -0.3 is 5.32 Å². The number of thiazole rings is 1. The van der Waals surface area contributed by atoms with Gasteiger partial charge in [0.25, 0.3) is 0 Å². The van der Waals surface area contributed by atoms with E-state index in [4.69, 9.17) is 0 Å². The Bertz CT molecular complexity index is 697. The van der Waals surface area contributed by atoms with Gasteiger partial charge in [0.1, 0.15) is 6.54 Å². The van der Waals surface area contributed by atoms with E-state index in [0.29, 0.717) is 10.0 Å². The number of hydrogen-bond donors (Lipinski definition) is 1. The molecule has 0 aliphatic carbocycles.